The second kappa shape index (κ2) is 4.06. The maximum absolute atomic E-state index is 10.9. The Morgan fingerprint density at radius 1 is 1.58 bits per heavy atom. The van der Waals surface area contributed by atoms with E-state index in [4.69, 9.17) is 16.8 Å². The van der Waals surface area contributed by atoms with Crippen molar-refractivity contribution in [1.82, 2.24) is 5.48 Å². The van der Waals surface area contributed by atoms with Crippen molar-refractivity contribution < 1.29 is 10.0 Å². The molecule has 1 aromatic carbocycles. The summed E-state index contributed by atoms with van der Waals surface area (Å²) in [5.74, 6) is -0.531. The van der Waals surface area contributed by atoms with Gasteiger partial charge in [-0.05, 0) is 40.8 Å². The first-order valence-corrected chi connectivity index (χ1v) is 4.50. The van der Waals surface area contributed by atoms with Crippen molar-refractivity contribution in [3.63, 3.8) is 0 Å². The molecule has 2 N–H and O–H groups in total. The monoisotopic (exact) mass is 297 g/mol. The fourth-order valence-corrected chi connectivity index (χ4v) is 1.85. The zero-order chi connectivity index (χ0) is 9.14. The van der Waals surface area contributed by atoms with Gasteiger partial charge in [-0.1, -0.05) is 11.6 Å². The molecule has 0 aliphatic heterocycles. The topological polar surface area (TPSA) is 49.3 Å². The van der Waals surface area contributed by atoms with Crippen molar-refractivity contribution in [3.05, 3.63) is 32.4 Å². The minimum atomic E-state index is -0.531. The summed E-state index contributed by atoms with van der Waals surface area (Å²) < 4.78 is 0.701. The molecule has 0 aliphatic carbocycles. The largest absolute Gasteiger partial charge is 0.288 e. The van der Waals surface area contributed by atoms with Crippen molar-refractivity contribution >= 4 is 40.1 Å². The van der Waals surface area contributed by atoms with Crippen LogP contribution in [0.2, 0.25) is 5.02 Å². The van der Waals surface area contributed by atoms with Crippen LogP contribution >= 0.6 is 34.2 Å². The quantitative estimate of drug-likeness (QED) is 0.473. The molecule has 64 valence electrons. The van der Waals surface area contributed by atoms with Gasteiger partial charge in [0.2, 0.25) is 0 Å². The summed E-state index contributed by atoms with van der Waals surface area (Å²) in [4.78, 5) is 10.9. The zero-order valence-electron chi connectivity index (χ0n) is 5.84. The van der Waals surface area contributed by atoms with Crippen LogP contribution in [0.15, 0.2) is 18.2 Å². The average molecular weight is 297 g/mol. The summed E-state index contributed by atoms with van der Waals surface area (Å²) in [6.45, 7) is 0. The Hall–Kier alpha value is -0.330. The molecule has 3 nitrogen and oxygen atoms in total. The third kappa shape index (κ3) is 2.09. The number of amides is 1. The standard InChI is InChI=1S/C7H5ClINO2/c8-4-1-2-5(6(9)3-4)7(11)10-12/h1-3,12H,(H,10,11). The molecule has 0 saturated carbocycles. The molecule has 0 atom stereocenters. The van der Waals surface area contributed by atoms with E-state index in [1.165, 1.54) is 0 Å². The van der Waals surface area contributed by atoms with E-state index in [0.29, 0.717) is 14.2 Å². The van der Waals surface area contributed by atoms with E-state index in [2.05, 4.69) is 0 Å². The Morgan fingerprint density at radius 2 is 2.25 bits per heavy atom. The lowest BCUT2D eigenvalue weighted by molar-refractivity contribution is 0.0705. The lowest BCUT2D eigenvalue weighted by Gasteiger charge is -2.01. The highest BCUT2D eigenvalue weighted by Gasteiger charge is 2.08. The van der Waals surface area contributed by atoms with E-state index in [9.17, 15) is 4.79 Å². The smallest absolute Gasteiger partial charge is 0.275 e. The predicted octanol–water partition coefficient (Wildman–Crippen LogP) is 2.06. The molecule has 1 aromatic rings. The third-order valence-electron chi connectivity index (χ3n) is 1.28. The summed E-state index contributed by atoms with van der Waals surface area (Å²) in [6.07, 6.45) is 0. The van der Waals surface area contributed by atoms with Gasteiger partial charge >= 0.3 is 0 Å². The summed E-state index contributed by atoms with van der Waals surface area (Å²) in [5.41, 5.74) is 1.96. The number of carbonyl (C=O) groups is 1. The van der Waals surface area contributed by atoms with Gasteiger partial charge in [0.05, 0.1) is 5.56 Å². The molecular formula is C7H5ClINO2. The van der Waals surface area contributed by atoms with Gasteiger partial charge in [-0.25, -0.2) is 5.48 Å². The highest BCUT2D eigenvalue weighted by atomic mass is 127. The molecule has 0 unspecified atom stereocenters. The fraction of sp³-hybridized carbons (Fsp3) is 0. The molecular weight excluding hydrogens is 292 g/mol. The van der Waals surface area contributed by atoms with E-state index in [0.717, 1.165) is 0 Å². The van der Waals surface area contributed by atoms with E-state index in [-0.39, 0.29) is 0 Å². The number of benzene rings is 1. The summed E-state index contributed by atoms with van der Waals surface area (Å²) in [7, 11) is 0. The SMILES string of the molecule is O=C(NO)c1ccc(Cl)cc1I. The highest BCUT2D eigenvalue weighted by molar-refractivity contribution is 14.1. The van der Waals surface area contributed by atoms with Crippen molar-refractivity contribution in [3.8, 4) is 0 Å². The van der Waals surface area contributed by atoms with Crippen LogP contribution in [-0.4, -0.2) is 11.1 Å². The van der Waals surface area contributed by atoms with Crippen molar-refractivity contribution in [2.75, 3.05) is 0 Å². The van der Waals surface area contributed by atoms with Crippen LogP contribution in [0.25, 0.3) is 0 Å². The first-order chi connectivity index (χ1) is 5.65. The van der Waals surface area contributed by atoms with Gasteiger partial charge < -0.3 is 0 Å². The van der Waals surface area contributed by atoms with Crippen LogP contribution in [0.1, 0.15) is 10.4 Å². The van der Waals surface area contributed by atoms with Crippen LogP contribution < -0.4 is 5.48 Å². The number of nitrogens with one attached hydrogen (secondary N) is 1. The predicted molar refractivity (Wildman–Crippen MR) is 53.4 cm³/mol. The first kappa shape index (κ1) is 9.76. The van der Waals surface area contributed by atoms with E-state index in [1.807, 2.05) is 22.6 Å². The van der Waals surface area contributed by atoms with Gasteiger partial charge in [0, 0.05) is 8.59 Å². The number of hydrogen-bond acceptors (Lipinski definition) is 2. The normalized spacial score (nSPS) is 9.58. The molecule has 0 fully saturated rings. The number of rotatable bonds is 1. The van der Waals surface area contributed by atoms with Crippen molar-refractivity contribution in [2.45, 2.75) is 0 Å². The van der Waals surface area contributed by atoms with Gasteiger partial charge in [-0.3, -0.25) is 10.0 Å². The maximum Gasteiger partial charge on any atom is 0.275 e. The number of hydroxylamine groups is 1. The fourth-order valence-electron chi connectivity index (χ4n) is 0.734. The van der Waals surface area contributed by atoms with E-state index < -0.39 is 5.91 Å². The molecule has 0 heterocycles. The number of carbonyl (C=O) groups excluding carboxylic acids is 1. The molecule has 0 saturated heterocycles. The van der Waals surface area contributed by atoms with Gasteiger partial charge in [0.15, 0.2) is 0 Å². The summed E-state index contributed by atoms with van der Waals surface area (Å²) >= 11 is 7.63. The van der Waals surface area contributed by atoms with Gasteiger partial charge in [-0.2, -0.15) is 0 Å². The summed E-state index contributed by atoms with van der Waals surface area (Å²) in [6, 6.07) is 4.79. The lowest BCUT2D eigenvalue weighted by Crippen LogP contribution is -2.19. The minimum absolute atomic E-state index is 0.405. The van der Waals surface area contributed by atoms with Crippen molar-refractivity contribution in [2.24, 2.45) is 0 Å². The van der Waals surface area contributed by atoms with Gasteiger partial charge in [0.1, 0.15) is 0 Å². The Kier molecular flexibility index (Phi) is 3.30. The lowest BCUT2D eigenvalue weighted by atomic mass is 10.2. The minimum Gasteiger partial charge on any atom is -0.288 e. The second-order valence-electron chi connectivity index (χ2n) is 2.07. The van der Waals surface area contributed by atoms with Crippen LogP contribution in [-0.2, 0) is 0 Å². The van der Waals surface area contributed by atoms with Crippen LogP contribution in [0.3, 0.4) is 0 Å². The highest BCUT2D eigenvalue weighted by Crippen LogP contribution is 2.17. The maximum atomic E-state index is 10.9. The molecule has 0 bridgehead atoms. The Bertz CT molecular complexity index is 316. The number of halogens is 2. The molecule has 0 aromatic heterocycles. The van der Waals surface area contributed by atoms with Gasteiger partial charge in [0.25, 0.3) is 5.91 Å². The van der Waals surface area contributed by atoms with Crippen LogP contribution in [0, 0.1) is 3.57 Å². The van der Waals surface area contributed by atoms with Gasteiger partial charge in [-0.15, -0.1) is 0 Å². The Morgan fingerprint density at radius 3 is 2.75 bits per heavy atom. The van der Waals surface area contributed by atoms with Crippen molar-refractivity contribution in [1.29, 1.82) is 0 Å². The Labute approximate surface area is 87.8 Å². The van der Waals surface area contributed by atoms with Crippen LogP contribution in [0.4, 0.5) is 0 Å². The van der Waals surface area contributed by atoms with Crippen LogP contribution in [0.5, 0.6) is 0 Å². The molecule has 5 heteroatoms. The van der Waals surface area contributed by atoms with E-state index >= 15 is 0 Å². The number of hydrogen-bond donors (Lipinski definition) is 2. The molecule has 0 spiro atoms. The third-order valence-corrected chi connectivity index (χ3v) is 2.40. The average Bonchev–Trinajstić information content (AvgIpc) is 2.03. The molecule has 12 heavy (non-hydrogen) atoms. The summed E-state index contributed by atoms with van der Waals surface area (Å²) in [5, 5.41) is 8.91. The Balaban J connectivity index is 3.09. The second-order valence-corrected chi connectivity index (χ2v) is 3.66. The molecule has 0 radical (unpaired) electrons. The molecule has 0 aliphatic rings. The zero-order valence-corrected chi connectivity index (χ0v) is 8.76. The first-order valence-electron chi connectivity index (χ1n) is 3.04. The molecule has 1 rings (SSSR count). The molecule has 1 amide bonds. The van der Waals surface area contributed by atoms with E-state index in [1.54, 1.807) is 23.7 Å².